The van der Waals surface area contributed by atoms with Crippen LogP contribution in [0.3, 0.4) is 0 Å². The third-order valence-corrected chi connectivity index (χ3v) is 2.01. The molecule has 0 aromatic carbocycles. The van der Waals surface area contributed by atoms with E-state index in [0.29, 0.717) is 0 Å². The molecule has 0 unspecified atom stereocenters. The van der Waals surface area contributed by atoms with Crippen molar-refractivity contribution in [1.82, 2.24) is 0 Å². The highest BCUT2D eigenvalue weighted by atomic mass is 14.0. The van der Waals surface area contributed by atoms with Gasteiger partial charge in [-0.25, -0.2) is 0 Å². The first-order valence-electron chi connectivity index (χ1n) is 5.19. The van der Waals surface area contributed by atoms with Crippen molar-refractivity contribution >= 4 is 7.28 Å². The molecule has 0 aliphatic carbocycles. The van der Waals surface area contributed by atoms with Crippen molar-refractivity contribution in [3.8, 4) is 0 Å². The van der Waals surface area contributed by atoms with Crippen molar-refractivity contribution < 1.29 is 0 Å². The molecule has 0 aliphatic rings. The van der Waals surface area contributed by atoms with Crippen LogP contribution in [0.5, 0.6) is 0 Å². The predicted octanol–water partition coefficient (Wildman–Crippen LogP) is 3.59. The van der Waals surface area contributed by atoms with E-state index < -0.39 is 0 Å². The topological polar surface area (TPSA) is 0 Å². The lowest BCUT2D eigenvalue weighted by molar-refractivity contribution is 0.558. The SMILES string of the molecule is C=C(BC(C)C)CCCC(C)C. The second-order valence-electron chi connectivity index (χ2n) is 4.63. The molecule has 0 saturated carbocycles. The molecule has 0 radical (unpaired) electrons. The lowest BCUT2D eigenvalue weighted by atomic mass is 9.59. The van der Waals surface area contributed by atoms with Crippen molar-refractivity contribution in [2.24, 2.45) is 5.92 Å². The number of rotatable bonds is 6. The Morgan fingerprint density at radius 1 is 1.25 bits per heavy atom. The van der Waals surface area contributed by atoms with Gasteiger partial charge in [0.05, 0.1) is 0 Å². The molecule has 70 valence electrons. The fraction of sp³-hybridized carbons (Fsp3) is 0.818. The van der Waals surface area contributed by atoms with Gasteiger partial charge in [-0.2, -0.15) is 0 Å². The Balaban J connectivity index is 3.32. The fourth-order valence-electron chi connectivity index (χ4n) is 1.44. The molecule has 0 aromatic rings. The van der Waals surface area contributed by atoms with Crippen LogP contribution in [-0.2, 0) is 0 Å². The van der Waals surface area contributed by atoms with E-state index in [9.17, 15) is 0 Å². The molecular formula is C11H23B. The molecule has 0 rings (SSSR count). The Morgan fingerprint density at radius 2 is 1.83 bits per heavy atom. The van der Waals surface area contributed by atoms with Gasteiger partial charge in [0.2, 0.25) is 0 Å². The molecule has 0 aromatic heterocycles. The van der Waals surface area contributed by atoms with Crippen LogP contribution in [0.2, 0.25) is 5.82 Å². The van der Waals surface area contributed by atoms with Crippen LogP contribution in [0.1, 0.15) is 47.0 Å². The van der Waals surface area contributed by atoms with E-state index in [-0.39, 0.29) is 0 Å². The summed E-state index contributed by atoms with van der Waals surface area (Å²) in [5, 5.41) is 0. The zero-order valence-corrected chi connectivity index (χ0v) is 9.19. The summed E-state index contributed by atoms with van der Waals surface area (Å²) >= 11 is 0. The second-order valence-corrected chi connectivity index (χ2v) is 4.63. The molecule has 0 amide bonds. The molecule has 0 aliphatic heterocycles. The molecule has 0 atom stereocenters. The summed E-state index contributed by atoms with van der Waals surface area (Å²) in [4.78, 5) is 0. The van der Waals surface area contributed by atoms with Crippen LogP contribution in [0.4, 0.5) is 0 Å². The maximum absolute atomic E-state index is 4.09. The minimum Gasteiger partial charge on any atom is -0.112 e. The molecule has 0 nitrogen and oxygen atoms in total. The van der Waals surface area contributed by atoms with E-state index in [2.05, 4.69) is 34.3 Å². The Labute approximate surface area is 78.7 Å². The van der Waals surface area contributed by atoms with Gasteiger partial charge in [-0.3, -0.25) is 0 Å². The van der Waals surface area contributed by atoms with Gasteiger partial charge in [-0.15, -0.1) is 12.1 Å². The van der Waals surface area contributed by atoms with Crippen molar-refractivity contribution in [3.05, 3.63) is 12.1 Å². The normalized spacial score (nSPS) is 10.8. The lowest BCUT2D eigenvalue weighted by Gasteiger charge is -2.07. The second kappa shape index (κ2) is 6.34. The Kier molecular flexibility index (Phi) is 6.23. The summed E-state index contributed by atoms with van der Waals surface area (Å²) < 4.78 is 0. The van der Waals surface area contributed by atoms with Crippen LogP contribution in [-0.4, -0.2) is 7.28 Å². The van der Waals surface area contributed by atoms with Crippen molar-refractivity contribution in [2.45, 2.75) is 52.8 Å². The summed E-state index contributed by atoms with van der Waals surface area (Å²) in [6.45, 7) is 13.2. The number of allylic oxidation sites excluding steroid dienone is 1. The van der Waals surface area contributed by atoms with E-state index in [1.807, 2.05) is 0 Å². The number of hydrogen-bond donors (Lipinski definition) is 0. The monoisotopic (exact) mass is 166 g/mol. The first-order valence-corrected chi connectivity index (χ1v) is 5.19. The lowest BCUT2D eigenvalue weighted by Crippen LogP contribution is -2.00. The van der Waals surface area contributed by atoms with Gasteiger partial charge in [0, 0.05) is 0 Å². The summed E-state index contributed by atoms with van der Waals surface area (Å²) in [6.07, 6.45) is 3.90. The summed E-state index contributed by atoms with van der Waals surface area (Å²) in [6, 6.07) is 0. The Morgan fingerprint density at radius 3 is 2.25 bits per heavy atom. The molecule has 0 bridgehead atoms. The van der Waals surface area contributed by atoms with E-state index >= 15 is 0 Å². The summed E-state index contributed by atoms with van der Waals surface area (Å²) in [5.74, 6) is 1.62. The van der Waals surface area contributed by atoms with Gasteiger partial charge >= 0.3 is 0 Å². The first kappa shape index (κ1) is 11.8. The van der Waals surface area contributed by atoms with Crippen LogP contribution in [0, 0.1) is 5.92 Å². The van der Waals surface area contributed by atoms with E-state index in [1.165, 1.54) is 32.0 Å². The minimum atomic E-state index is 0.775. The van der Waals surface area contributed by atoms with Gasteiger partial charge in [0.25, 0.3) is 0 Å². The average Bonchev–Trinajstić information content (AvgIpc) is 1.84. The molecular weight excluding hydrogens is 143 g/mol. The standard InChI is InChI=1S/C11H23B/c1-9(2)7-6-8-11(5)12-10(3)4/h9-10,12H,5-8H2,1-4H3. The molecule has 1 heteroatoms. The zero-order valence-electron chi connectivity index (χ0n) is 9.19. The van der Waals surface area contributed by atoms with Gasteiger partial charge in [0.1, 0.15) is 0 Å². The third-order valence-electron chi connectivity index (χ3n) is 2.01. The first-order chi connectivity index (χ1) is 5.52. The Bertz CT molecular complexity index is 125. The van der Waals surface area contributed by atoms with E-state index in [1.54, 1.807) is 0 Å². The average molecular weight is 166 g/mol. The van der Waals surface area contributed by atoms with Crippen molar-refractivity contribution in [2.75, 3.05) is 0 Å². The van der Waals surface area contributed by atoms with Gasteiger partial charge < -0.3 is 0 Å². The predicted molar refractivity (Wildman–Crippen MR) is 60.1 cm³/mol. The maximum Gasteiger partial charge on any atom is 0.154 e. The maximum atomic E-state index is 4.09. The van der Waals surface area contributed by atoms with Gasteiger partial charge in [-0.1, -0.05) is 46.4 Å². The van der Waals surface area contributed by atoms with Crippen LogP contribution in [0.25, 0.3) is 0 Å². The largest absolute Gasteiger partial charge is 0.154 e. The molecule has 12 heavy (non-hydrogen) atoms. The van der Waals surface area contributed by atoms with Crippen LogP contribution < -0.4 is 0 Å². The number of hydrogen-bond acceptors (Lipinski definition) is 0. The molecule has 0 N–H and O–H groups in total. The van der Waals surface area contributed by atoms with Gasteiger partial charge in [-0.05, 0) is 12.3 Å². The highest BCUT2D eigenvalue weighted by Gasteiger charge is 2.01. The van der Waals surface area contributed by atoms with Gasteiger partial charge in [0.15, 0.2) is 7.28 Å². The van der Waals surface area contributed by atoms with Crippen LogP contribution in [0.15, 0.2) is 12.1 Å². The quantitative estimate of drug-likeness (QED) is 0.529. The molecule has 0 saturated heterocycles. The summed E-state index contributed by atoms with van der Waals surface area (Å²) in [7, 11) is 1.21. The van der Waals surface area contributed by atoms with E-state index in [4.69, 9.17) is 0 Å². The zero-order chi connectivity index (χ0) is 9.56. The molecule has 0 spiro atoms. The molecule has 0 fully saturated rings. The molecule has 0 heterocycles. The summed E-state index contributed by atoms with van der Waals surface area (Å²) in [5.41, 5.74) is 1.44. The van der Waals surface area contributed by atoms with Crippen molar-refractivity contribution in [1.29, 1.82) is 0 Å². The minimum absolute atomic E-state index is 0.775. The Hall–Kier alpha value is -0.195. The van der Waals surface area contributed by atoms with Crippen LogP contribution >= 0.6 is 0 Å². The smallest absolute Gasteiger partial charge is 0.112 e. The van der Waals surface area contributed by atoms with Crippen molar-refractivity contribution in [3.63, 3.8) is 0 Å². The van der Waals surface area contributed by atoms with E-state index in [0.717, 1.165) is 11.7 Å². The fourth-order valence-corrected chi connectivity index (χ4v) is 1.44. The highest BCUT2D eigenvalue weighted by molar-refractivity contribution is 6.46. The third kappa shape index (κ3) is 7.91. The highest BCUT2D eigenvalue weighted by Crippen LogP contribution is 2.13.